The molecule has 0 aliphatic rings. The van der Waals surface area contributed by atoms with Crippen LogP contribution in [0.15, 0.2) is 46.9 Å². The molecule has 1 heterocycles. The van der Waals surface area contributed by atoms with Crippen LogP contribution in [0.4, 0.5) is 5.69 Å². The Bertz CT molecular complexity index is 976. The van der Waals surface area contributed by atoms with Crippen LogP contribution in [0.1, 0.15) is 21.8 Å². The van der Waals surface area contributed by atoms with Crippen molar-refractivity contribution in [3.63, 3.8) is 0 Å². The summed E-state index contributed by atoms with van der Waals surface area (Å²) in [5.74, 6) is -0.897. The van der Waals surface area contributed by atoms with Crippen molar-refractivity contribution in [2.45, 2.75) is 0 Å². The monoisotopic (exact) mass is 344 g/mol. The largest absolute Gasteiger partial charge is 0.478 e. The fraction of sp³-hybridized carbons (Fsp3) is 0. The van der Waals surface area contributed by atoms with Crippen LogP contribution in [-0.2, 0) is 0 Å². The molecule has 3 aromatic rings. The molecule has 120 valence electrons. The van der Waals surface area contributed by atoms with E-state index < -0.39 is 10.9 Å². The van der Waals surface area contributed by atoms with Gasteiger partial charge in [-0.2, -0.15) is 0 Å². The Hall–Kier alpha value is -3.19. The Morgan fingerprint density at radius 2 is 1.96 bits per heavy atom. The van der Waals surface area contributed by atoms with E-state index in [0.29, 0.717) is 16.7 Å². The lowest BCUT2D eigenvalue weighted by Crippen LogP contribution is -1.94. The molecule has 0 fully saturated rings. The fourth-order valence-corrected chi connectivity index (χ4v) is 2.27. The first kappa shape index (κ1) is 15.7. The zero-order valence-electron chi connectivity index (χ0n) is 12.0. The molecule has 2 aromatic carbocycles. The van der Waals surface area contributed by atoms with Crippen molar-refractivity contribution in [1.82, 2.24) is 4.98 Å². The fourth-order valence-electron chi connectivity index (χ4n) is 2.06. The number of benzene rings is 2. The van der Waals surface area contributed by atoms with Crippen LogP contribution < -0.4 is 0 Å². The minimum atomic E-state index is -1.02. The number of fused-ring (bicyclic) bond motifs is 1. The maximum absolute atomic E-state index is 10.8. The normalized spacial score (nSPS) is 11.6. The van der Waals surface area contributed by atoms with Crippen LogP contribution >= 0.6 is 11.6 Å². The summed E-state index contributed by atoms with van der Waals surface area (Å²) in [5.41, 5.74) is 1.44. The first-order chi connectivity index (χ1) is 11.4. The number of carboxylic acids is 1. The molecule has 0 unspecified atom stereocenters. The Morgan fingerprint density at radius 3 is 2.58 bits per heavy atom. The maximum Gasteiger partial charge on any atom is 0.335 e. The number of carbonyl (C=O) groups is 1. The van der Waals surface area contributed by atoms with Gasteiger partial charge >= 0.3 is 5.97 Å². The predicted octanol–water partition coefficient (Wildman–Crippen LogP) is 4.17. The van der Waals surface area contributed by atoms with E-state index >= 15 is 0 Å². The van der Waals surface area contributed by atoms with E-state index in [0.717, 1.165) is 0 Å². The van der Waals surface area contributed by atoms with Gasteiger partial charge in [0.1, 0.15) is 10.5 Å². The molecule has 8 heteroatoms. The first-order valence-electron chi connectivity index (χ1n) is 6.70. The number of carboxylic acid groups (broad SMARTS) is 1. The smallest absolute Gasteiger partial charge is 0.335 e. The predicted molar refractivity (Wildman–Crippen MR) is 87.8 cm³/mol. The summed E-state index contributed by atoms with van der Waals surface area (Å²) in [4.78, 5) is 25.2. The molecule has 1 aromatic heterocycles. The van der Waals surface area contributed by atoms with E-state index in [2.05, 4.69) is 4.98 Å². The van der Waals surface area contributed by atoms with Gasteiger partial charge in [0.15, 0.2) is 5.58 Å². The molecule has 0 atom stereocenters. The number of hydrogen-bond acceptors (Lipinski definition) is 5. The number of nitrogens with zero attached hydrogens (tertiary/aromatic N) is 2. The number of non-ortho nitro benzene ring substituents is 1. The van der Waals surface area contributed by atoms with E-state index in [9.17, 15) is 14.9 Å². The number of rotatable bonds is 4. The average molecular weight is 345 g/mol. The second kappa shape index (κ2) is 6.13. The van der Waals surface area contributed by atoms with Crippen LogP contribution in [0.3, 0.4) is 0 Å². The molecule has 0 aliphatic heterocycles. The number of hydrogen-bond donors (Lipinski definition) is 1. The van der Waals surface area contributed by atoms with Gasteiger partial charge in [-0.3, -0.25) is 10.1 Å². The van der Waals surface area contributed by atoms with Gasteiger partial charge in [0.25, 0.3) is 5.69 Å². The van der Waals surface area contributed by atoms with Crippen LogP contribution in [0.5, 0.6) is 0 Å². The zero-order valence-corrected chi connectivity index (χ0v) is 12.7. The minimum absolute atomic E-state index is 0.0910. The lowest BCUT2D eigenvalue weighted by molar-refractivity contribution is -0.384. The van der Waals surface area contributed by atoms with Crippen LogP contribution in [0.2, 0.25) is 0 Å². The standard InChI is InChI=1S/C16H9ClN2O5/c17-12(7-9-1-3-10(4-2-9)16(20)21)15-18-13-8-11(19(22)23)5-6-14(13)24-15/h1-8H,(H,20,21)/b12-7-. The van der Waals surface area contributed by atoms with Crippen LogP contribution in [0.25, 0.3) is 22.2 Å². The lowest BCUT2D eigenvalue weighted by atomic mass is 10.1. The Balaban J connectivity index is 1.93. The van der Waals surface area contributed by atoms with E-state index in [1.54, 1.807) is 18.2 Å². The second-order valence-corrected chi connectivity index (χ2v) is 5.25. The minimum Gasteiger partial charge on any atom is -0.478 e. The summed E-state index contributed by atoms with van der Waals surface area (Å²) in [5, 5.41) is 19.8. The van der Waals surface area contributed by atoms with Gasteiger partial charge in [0.2, 0.25) is 5.89 Å². The van der Waals surface area contributed by atoms with Crippen molar-refractivity contribution in [3.05, 3.63) is 69.6 Å². The summed E-state index contributed by atoms with van der Waals surface area (Å²) < 4.78 is 5.47. The van der Waals surface area contributed by atoms with Gasteiger partial charge in [-0.1, -0.05) is 23.7 Å². The van der Waals surface area contributed by atoms with Gasteiger partial charge in [0, 0.05) is 12.1 Å². The van der Waals surface area contributed by atoms with Gasteiger partial charge < -0.3 is 9.52 Å². The van der Waals surface area contributed by atoms with E-state index in [1.807, 2.05) is 0 Å². The van der Waals surface area contributed by atoms with Crippen LogP contribution in [-0.4, -0.2) is 21.0 Å². The highest BCUT2D eigenvalue weighted by Gasteiger charge is 2.13. The molecule has 0 spiro atoms. The van der Waals surface area contributed by atoms with Crippen molar-refractivity contribution in [2.24, 2.45) is 0 Å². The molecule has 0 saturated heterocycles. The third-order valence-electron chi connectivity index (χ3n) is 3.24. The maximum atomic E-state index is 10.8. The van der Waals surface area contributed by atoms with Crippen molar-refractivity contribution in [1.29, 1.82) is 0 Å². The molecule has 0 radical (unpaired) electrons. The molecular formula is C16H9ClN2O5. The van der Waals surface area contributed by atoms with E-state index in [4.69, 9.17) is 21.1 Å². The molecule has 0 amide bonds. The van der Waals surface area contributed by atoms with Gasteiger partial charge in [-0.25, -0.2) is 9.78 Å². The summed E-state index contributed by atoms with van der Waals surface area (Å²) in [6, 6.07) is 10.2. The Morgan fingerprint density at radius 1 is 1.25 bits per heavy atom. The number of halogens is 1. The van der Waals surface area contributed by atoms with Crippen LogP contribution in [0, 0.1) is 10.1 Å². The van der Waals surface area contributed by atoms with Crippen molar-refractivity contribution in [2.75, 3.05) is 0 Å². The summed E-state index contributed by atoms with van der Waals surface area (Å²) in [6.07, 6.45) is 1.56. The number of aromatic carboxylic acids is 1. The molecule has 7 nitrogen and oxygen atoms in total. The highest BCUT2D eigenvalue weighted by Crippen LogP contribution is 2.27. The molecule has 24 heavy (non-hydrogen) atoms. The third kappa shape index (κ3) is 3.11. The Kier molecular flexibility index (Phi) is 4.01. The topological polar surface area (TPSA) is 106 Å². The second-order valence-electron chi connectivity index (χ2n) is 4.85. The SMILES string of the molecule is O=C(O)c1ccc(/C=C(\Cl)c2nc3cc([N+](=O)[O-])ccc3o2)cc1. The quantitative estimate of drug-likeness (QED) is 0.562. The summed E-state index contributed by atoms with van der Waals surface area (Å²) in [7, 11) is 0. The van der Waals surface area contributed by atoms with Crippen molar-refractivity contribution in [3.8, 4) is 0 Å². The van der Waals surface area contributed by atoms with Gasteiger partial charge in [-0.05, 0) is 29.8 Å². The molecule has 3 rings (SSSR count). The van der Waals surface area contributed by atoms with Gasteiger partial charge in [0.05, 0.1) is 10.5 Å². The molecule has 0 saturated carbocycles. The van der Waals surface area contributed by atoms with E-state index in [1.165, 1.54) is 30.3 Å². The molecule has 0 bridgehead atoms. The zero-order chi connectivity index (χ0) is 17.3. The number of aromatic nitrogens is 1. The molecule has 0 aliphatic carbocycles. The first-order valence-corrected chi connectivity index (χ1v) is 7.08. The summed E-state index contributed by atoms with van der Waals surface area (Å²) in [6.45, 7) is 0. The third-order valence-corrected chi connectivity index (χ3v) is 3.51. The van der Waals surface area contributed by atoms with Crippen molar-refractivity contribution < 1.29 is 19.2 Å². The van der Waals surface area contributed by atoms with Crippen molar-refractivity contribution >= 4 is 45.5 Å². The summed E-state index contributed by atoms with van der Waals surface area (Å²) >= 11 is 6.17. The highest BCUT2D eigenvalue weighted by atomic mass is 35.5. The molecular weight excluding hydrogens is 336 g/mol. The Labute approximate surface area is 140 Å². The molecule has 1 N–H and O–H groups in total. The number of nitro benzene ring substituents is 1. The lowest BCUT2D eigenvalue weighted by Gasteiger charge is -1.97. The van der Waals surface area contributed by atoms with Gasteiger partial charge in [-0.15, -0.1) is 0 Å². The number of oxazole rings is 1. The number of nitro groups is 1. The average Bonchev–Trinajstić information content (AvgIpc) is 2.98. The van der Waals surface area contributed by atoms with E-state index in [-0.39, 0.29) is 22.2 Å². The highest BCUT2D eigenvalue weighted by molar-refractivity contribution is 6.50.